The van der Waals surface area contributed by atoms with Gasteiger partial charge in [-0.25, -0.2) is 4.98 Å². The first kappa shape index (κ1) is 23.4. The maximum Gasteiger partial charge on any atom is 0.301 e. The average molecular weight is 502 g/mol. The first-order valence-electron chi connectivity index (χ1n) is 9.70. The summed E-state index contributed by atoms with van der Waals surface area (Å²) in [7, 11) is -1.18. The van der Waals surface area contributed by atoms with Crippen molar-refractivity contribution in [2.24, 2.45) is 10.2 Å². The number of aryl methyl sites for hydroxylation is 1. The van der Waals surface area contributed by atoms with E-state index < -0.39 is 15.7 Å². The molecule has 0 spiro atoms. The fraction of sp³-hybridized carbons (Fsp3) is 0.143. The summed E-state index contributed by atoms with van der Waals surface area (Å²) in [5, 5.41) is 13.1. The van der Waals surface area contributed by atoms with Crippen molar-refractivity contribution in [3.05, 3.63) is 63.9 Å². The van der Waals surface area contributed by atoms with Crippen molar-refractivity contribution in [2.75, 3.05) is 14.2 Å². The largest absolute Gasteiger partial charge is 0.497 e. The Balaban J connectivity index is 1.65. The minimum atomic E-state index is -4.31. The van der Waals surface area contributed by atoms with E-state index in [9.17, 15) is 13.2 Å². The highest BCUT2D eigenvalue weighted by atomic mass is 32.2. The number of benzene rings is 2. The normalized spacial score (nSPS) is 11.8. The van der Waals surface area contributed by atoms with Gasteiger partial charge in [0, 0.05) is 10.9 Å². The van der Waals surface area contributed by atoms with Crippen LogP contribution in [0.2, 0.25) is 0 Å². The number of azo groups is 1. The van der Waals surface area contributed by atoms with Crippen LogP contribution in [0.25, 0.3) is 16.4 Å². The summed E-state index contributed by atoms with van der Waals surface area (Å²) in [5.41, 5.74) is 1.73. The van der Waals surface area contributed by atoms with Crippen molar-refractivity contribution in [2.45, 2.75) is 11.8 Å². The Morgan fingerprint density at radius 1 is 1.09 bits per heavy atom. The number of thiazole rings is 1. The lowest BCUT2D eigenvalue weighted by molar-refractivity contribution is 0.404. The van der Waals surface area contributed by atoms with Crippen LogP contribution in [0.5, 0.6) is 11.5 Å². The highest BCUT2D eigenvalue weighted by Gasteiger charge is 2.17. The second kappa shape index (κ2) is 9.21. The third kappa shape index (κ3) is 4.62. The molecule has 0 aliphatic carbocycles. The van der Waals surface area contributed by atoms with E-state index in [0.29, 0.717) is 39.3 Å². The number of H-pyrrole nitrogens is 1. The molecule has 2 heterocycles. The number of aromatic amines is 1. The molecule has 11 nitrogen and oxygen atoms in total. The molecule has 0 aliphatic heterocycles. The molecule has 4 rings (SSSR count). The summed E-state index contributed by atoms with van der Waals surface area (Å²) >= 11 is 1.26. The van der Waals surface area contributed by atoms with E-state index in [-0.39, 0.29) is 10.6 Å². The number of aromatic nitrogens is 3. The van der Waals surface area contributed by atoms with Gasteiger partial charge in [0.1, 0.15) is 11.5 Å². The Hall–Kier alpha value is -3.81. The van der Waals surface area contributed by atoms with Crippen LogP contribution in [-0.2, 0) is 10.1 Å². The molecular formula is C21H19N5O6S2. The lowest BCUT2D eigenvalue weighted by Gasteiger charge is -2.08. The van der Waals surface area contributed by atoms with Crippen LogP contribution in [0.3, 0.4) is 0 Å². The molecule has 0 unspecified atom stereocenters. The van der Waals surface area contributed by atoms with Gasteiger partial charge in [-0.2, -0.15) is 18.2 Å². The number of hydrogen-bond donors (Lipinski definition) is 2. The molecule has 2 N–H and O–H groups in total. The van der Waals surface area contributed by atoms with E-state index in [2.05, 4.69) is 20.3 Å². The number of rotatable bonds is 7. The van der Waals surface area contributed by atoms with E-state index in [1.54, 1.807) is 44.7 Å². The number of nitrogens with zero attached hydrogens (tertiary/aromatic N) is 4. The van der Waals surface area contributed by atoms with Crippen LogP contribution in [0, 0.1) is 6.92 Å². The van der Waals surface area contributed by atoms with Crippen LogP contribution < -0.4 is 15.0 Å². The summed E-state index contributed by atoms with van der Waals surface area (Å²) in [5.74, 6) is 1.26. The Kier molecular flexibility index (Phi) is 6.32. The fourth-order valence-electron chi connectivity index (χ4n) is 3.09. The SMILES string of the molecule is COc1ccc(OC)c(-c2csc(-n3[nH]c(C)c(N=Nc4ccc(S(=O)(=O)O)cc4)c3=O)n2)c1. The standard InChI is InChI=1S/C21H19N5O6S2/c1-12-19(24-23-13-4-7-15(8-5-13)34(28,29)30)20(27)26(25-12)21-22-17(11-33-21)16-10-14(31-2)6-9-18(16)32-3/h4-11,25H,1-3H3,(H,28,29,30). The lowest BCUT2D eigenvalue weighted by atomic mass is 10.1. The third-order valence-corrected chi connectivity index (χ3v) is 6.50. The highest BCUT2D eigenvalue weighted by Crippen LogP contribution is 2.34. The Labute approximate surface area is 198 Å². The summed E-state index contributed by atoms with van der Waals surface area (Å²) in [6.07, 6.45) is 0. The average Bonchev–Trinajstić information content (AvgIpc) is 3.41. The molecule has 0 amide bonds. The number of ether oxygens (including phenoxy) is 2. The maximum atomic E-state index is 13.0. The van der Waals surface area contributed by atoms with Gasteiger partial charge >= 0.3 is 5.56 Å². The molecule has 0 aliphatic rings. The Bertz CT molecular complexity index is 1530. The molecular weight excluding hydrogens is 482 g/mol. The van der Waals surface area contributed by atoms with Crippen molar-refractivity contribution in [3.63, 3.8) is 0 Å². The van der Waals surface area contributed by atoms with E-state index in [4.69, 9.17) is 14.0 Å². The Morgan fingerprint density at radius 2 is 1.82 bits per heavy atom. The van der Waals surface area contributed by atoms with Gasteiger partial charge in [0.15, 0.2) is 5.69 Å². The van der Waals surface area contributed by atoms with Gasteiger partial charge in [-0.3, -0.25) is 14.4 Å². The van der Waals surface area contributed by atoms with Crippen LogP contribution in [-0.4, -0.2) is 42.0 Å². The lowest BCUT2D eigenvalue weighted by Crippen LogP contribution is -2.13. The third-order valence-electron chi connectivity index (χ3n) is 4.81. The van der Waals surface area contributed by atoms with Gasteiger partial charge in [0.25, 0.3) is 10.1 Å². The zero-order valence-corrected chi connectivity index (χ0v) is 19.8. The van der Waals surface area contributed by atoms with Crippen molar-refractivity contribution in [1.82, 2.24) is 14.8 Å². The summed E-state index contributed by atoms with van der Waals surface area (Å²) in [6, 6.07) is 10.5. The maximum absolute atomic E-state index is 13.0. The molecule has 0 bridgehead atoms. The molecule has 4 aromatic rings. The summed E-state index contributed by atoms with van der Waals surface area (Å²) in [4.78, 5) is 17.3. The second-order valence-corrected chi connectivity index (χ2v) is 9.23. The summed E-state index contributed by atoms with van der Waals surface area (Å²) in [6.45, 7) is 1.67. The quantitative estimate of drug-likeness (QED) is 0.284. The van der Waals surface area contributed by atoms with Gasteiger partial charge in [-0.1, -0.05) is 0 Å². The zero-order chi connectivity index (χ0) is 24.5. The molecule has 34 heavy (non-hydrogen) atoms. The van der Waals surface area contributed by atoms with Crippen molar-refractivity contribution < 1.29 is 22.4 Å². The predicted octanol–water partition coefficient (Wildman–Crippen LogP) is 4.28. The highest BCUT2D eigenvalue weighted by molar-refractivity contribution is 7.85. The van der Waals surface area contributed by atoms with Crippen LogP contribution in [0.1, 0.15) is 5.69 Å². The van der Waals surface area contributed by atoms with Gasteiger partial charge in [0.05, 0.1) is 36.2 Å². The number of nitrogens with one attached hydrogen (secondary N) is 1. The topological polar surface area (TPSA) is 148 Å². The molecule has 0 radical (unpaired) electrons. The first-order valence-corrected chi connectivity index (χ1v) is 12.0. The summed E-state index contributed by atoms with van der Waals surface area (Å²) < 4.78 is 43.3. The molecule has 2 aromatic heterocycles. The van der Waals surface area contributed by atoms with Crippen LogP contribution in [0.15, 0.2) is 67.8 Å². The molecule has 0 saturated heterocycles. The smallest absolute Gasteiger partial charge is 0.301 e. The van der Waals surface area contributed by atoms with Crippen molar-refractivity contribution >= 4 is 32.8 Å². The van der Waals surface area contributed by atoms with Gasteiger partial charge in [0.2, 0.25) is 5.13 Å². The molecule has 0 saturated carbocycles. The fourth-order valence-corrected chi connectivity index (χ4v) is 4.35. The second-order valence-electron chi connectivity index (χ2n) is 6.98. The molecule has 0 atom stereocenters. The zero-order valence-electron chi connectivity index (χ0n) is 18.2. The molecule has 2 aromatic carbocycles. The minimum absolute atomic E-state index is 0.0783. The van der Waals surface area contributed by atoms with E-state index in [1.165, 1.54) is 40.3 Å². The number of hydrogen-bond acceptors (Lipinski definition) is 9. The van der Waals surface area contributed by atoms with Gasteiger partial charge < -0.3 is 9.47 Å². The Morgan fingerprint density at radius 3 is 2.47 bits per heavy atom. The van der Waals surface area contributed by atoms with E-state index >= 15 is 0 Å². The van der Waals surface area contributed by atoms with Crippen molar-refractivity contribution in [3.8, 4) is 27.9 Å². The molecule has 0 fully saturated rings. The van der Waals surface area contributed by atoms with Crippen LogP contribution >= 0.6 is 11.3 Å². The molecule has 176 valence electrons. The van der Waals surface area contributed by atoms with E-state index in [1.807, 2.05) is 0 Å². The van der Waals surface area contributed by atoms with Crippen LogP contribution in [0.4, 0.5) is 11.4 Å². The minimum Gasteiger partial charge on any atom is -0.497 e. The van der Waals surface area contributed by atoms with Gasteiger partial charge in [-0.05, 0) is 49.4 Å². The predicted molar refractivity (Wildman–Crippen MR) is 126 cm³/mol. The van der Waals surface area contributed by atoms with Crippen molar-refractivity contribution in [1.29, 1.82) is 0 Å². The number of methoxy groups -OCH3 is 2. The monoisotopic (exact) mass is 501 g/mol. The van der Waals surface area contributed by atoms with Gasteiger partial charge in [-0.15, -0.1) is 16.5 Å². The van der Waals surface area contributed by atoms with E-state index in [0.717, 1.165) is 0 Å². The molecule has 13 heteroatoms. The first-order chi connectivity index (χ1) is 16.2.